The van der Waals surface area contributed by atoms with Crippen LogP contribution in [0.5, 0.6) is 0 Å². The number of benzene rings is 3. The van der Waals surface area contributed by atoms with E-state index < -0.39 is 5.97 Å². The van der Waals surface area contributed by atoms with Crippen LogP contribution >= 0.6 is 0 Å². The Bertz CT molecular complexity index is 1470. The summed E-state index contributed by atoms with van der Waals surface area (Å²) < 4.78 is 10.7. The molecule has 0 radical (unpaired) electrons. The Balaban J connectivity index is 1.77. The number of nitriles is 2. The summed E-state index contributed by atoms with van der Waals surface area (Å²) in [5.74, 6) is 11.8. The van der Waals surface area contributed by atoms with Gasteiger partial charge in [0, 0.05) is 22.3 Å². The Morgan fingerprint density at radius 2 is 1.18 bits per heavy atom. The SMILES string of the molecule is C=COCCCCCCOC(=O)c1cc(C#Cc2ccc(C#N)cc2)ccc1C#Cc1ccc(C#N)cc1. The molecule has 0 amide bonds. The zero-order valence-electron chi connectivity index (χ0n) is 21.0. The molecule has 0 spiro atoms. The molecule has 0 N–H and O–H groups in total. The molecule has 3 aromatic rings. The Morgan fingerprint density at radius 3 is 1.76 bits per heavy atom. The first-order chi connectivity index (χ1) is 18.6. The van der Waals surface area contributed by atoms with Gasteiger partial charge in [-0.05, 0) is 92.4 Å². The van der Waals surface area contributed by atoms with E-state index >= 15 is 0 Å². The number of unbranched alkanes of at least 4 members (excludes halogenated alkanes) is 3. The molecular formula is C33H26N2O3. The average Bonchev–Trinajstić information content (AvgIpc) is 2.97. The van der Waals surface area contributed by atoms with Crippen molar-refractivity contribution in [3.05, 3.63) is 119 Å². The van der Waals surface area contributed by atoms with Crippen LogP contribution in [0, 0.1) is 46.3 Å². The van der Waals surface area contributed by atoms with Gasteiger partial charge in [-0.2, -0.15) is 10.5 Å². The van der Waals surface area contributed by atoms with Crippen LogP contribution in [0.25, 0.3) is 0 Å². The molecular weight excluding hydrogens is 472 g/mol. The lowest BCUT2D eigenvalue weighted by Crippen LogP contribution is -2.09. The molecule has 0 unspecified atom stereocenters. The van der Waals surface area contributed by atoms with Gasteiger partial charge in [-0.25, -0.2) is 4.79 Å². The van der Waals surface area contributed by atoms with Crippen LogP contribution in [0.1, 0.15) is 69.4 Å². The molecule has 0 saturated heterocycles. The molecule has 0 heterocycles. The Hall–Kier alpha value is -5.23. The van der Waals surface area contributed by atoms with Crippen molar-refractivity contribution in [2.45, 2.75) is 25.7 Å². The molecule has 0 aliphatic heterocycles. The van der Waals surface area contributed by atoms with E-state index in [4.69, 9.17) is 20.0 Å². The van der Waals surface area contributed by atoms with Crippen LogP contribution in [0.4, 0.5) is 0 Å². The molecule has 0 atom stereocenters. The van der Waals surface area contributed by atoms with Crippen LogP contribution in [-0.2, 0) is 9.47 Å². The predicted octanol–water partition coefficient (Wildman–Crippen LogP) is 6.11. The fourth-order valence-corrected chi connectivity index (χ4v) is 3.41. The summed E-state index contributed by atoms with van der Waals surface area (Å²) >= 11 is 0. The molecule has 3 rings (SSSR count). The van der Waals surface area contributed by atoms with Crippen LogP contribution in [0.2, 0.25) is 0 Å². The highest BCUT2D eigenvalue weighted by Gasteiger charge is 2.13. The van der Waals surface area contributed by atoms with Gasteiger partial charge in [-0.15, -0.1) is 0 Å². The van der Waals surface area contributed by atoms with Crippen molar-refractivity contribution in [1.29, 1.82) is 10.5 Å². The molecule has 0 aliphatic rings. The van der Waals surface area contributed by atoms with Crippen molar-refractivity contribution in [2.24, 2.45) is 0 Å². The zero-order chi connectivity index (χ0) is 27.0. The molecule has 0 aliphatic carbocycles. The zero-order valence-corrected chi connectivity index (χ0v) is 21.0. The number of carbonyl (C=O) groups is 1. The molecule has 5 heteroatoms. The highest BCUT2D eigenvalue weighted by molar-refractivity contribution is 5.93. The van der Waals surface area contributed by atoms with E-state index in [-0.39, 0.29) is 0 Å². The van der Waals surface area contributed by atoms with E-state index in [0.29, 0.717) is 41.0 Å². The van der Waals surface area contributed by atoms with E-state index in [1.165, 1.54) is 6.26 Å². The lowest BCUT2D eigenvalue weighted by Gasteiger charge is -2.07. The molecule has 0 aromatic heterocycles. The number of hydrogen-bond acceptors (Lipinski definition) is 5. The van der Waals surface area contributed by atoms with Gasteiger partial charge in [0.1, 0.15) is 0 Å². The van der Waals surface area contributed by atoms with Crippen molar-refractivity contribution in [2.75, 3.05) is 13.2 Å². The maximum Gasteiger partial charge on any atom is 0.339 e. The van der Waals surface area contributed by atoms with Gasteiger partial charge >= 0.3 is 5.97 Å². The fraction of sp³-hybridized carbons (Fsp3) is 0.182. The summed E-state index contributed by atoms with van der Waals surface area (Å²) in [5.41, 5.74) is 4.13. The van der Waals surface area contributed by atoms with Gasteiger partial charge in [0.25, 0.3) is 0 Å². The van der Waals surface area contributed by atoms with Crippen LogP contribution < -0.4 is 0 Å². The number of carbonyl (C=O) groups excluding carboxylic acids is 1. The molecule has 0 saturated carbocycles. The quantitative estimate of drug-likeness (QED) is 0.154. The molecule has 5 nitrogen and oxygen atoms in total. The third-order valence-electron chi connectivity index (χ3n) is 5.47. The number of rotatable bonds is 9. The van der Waals surface area contributed by atoms with Gasteiger partial charge in [-0.1, -0.05) is 30.3 Å². The minimum atomic E-state index is -0.453. The predicted molar refractivity (Wildman–Crippen MR) is 146 cm³/mol. The van der Waals surface area contributed by atoms with Gasteiger partial charge in [0.15, 0.2) is 0 Å². The first-order valence-corrected chi connectivity index (χ1v) is 12.2. The molecule has 3 aromatic carbocycles. The summed E-state index contributed by atoms with van der Waals surface area (Å²) in [7, 11) is 0. The minimum absolute atomic E-state index is 0.310. The lowest BCUT2D eigenvalue weighted by molar-refractivity contribution is 0.0497. The van der Waals surface area contributed by atoms with Crippen molar-refractivity contribution in [1.82, 2.24) is 0 Å². The highest BCUT2D eigenvalue weighted by Crippen LogP contribution is 2.14. The maximum atomic E-state index is 13.0. The topological polar surface area (TPSA) is 83.1 Å². The molecule has 186 valence electrons. The number of nitrogens with zero attached hydrogens (tertiary/aromatic N) is 2. The summed E-state index contributed by atoms with van der Waals surface area (Å²) in [6, 6.07) is 23.3. The van der Waals surface area contributed by atoms with Crippen molar-refractivity contribution in [3.8, 4) is 35.8 Å². The number of esters is 1. The number of hydrogen-bond donors (Lipinski definition) is 0. The monoisotopic (exact) mass is 498 g/mol. The van der Waals surface area contributed by atoms with Crippen LogP contribution in [0.15, 0.2) is 79.6 Å². The summed E-state index contributed by atoms with van der Waals surface area (Å²) in [4.78, 5) is 13.0. The average molecular weight is 499 g/mol. The highest BCUT2D eigenvalue weighted by atomic mass is 16.5. The Kier molecular flexibility index (Phi) is 10.8. The first-order valence-electron chi connectivity index (χ1n) is 12.2. The summed E-state index contributed by atoms with van der Waals surface area (Å²) in [6.45, 7) is 4.47. The lowest BCUT2D eigenvalue weighted by atomic mass is 10.0. The van der Waals surface area contributed by atoms with E-state index in [9.17, 15) is 4.79 Å². The van der Waals surface area contributed by atoms with Gasteiger partial charge in [-0.3, -0.25) is 0 Å². The van der Waals surface area contributed by atoms with E-state index in [1.807, 2.05) is 6.07 Å². The van der Waals surface area contributed by atoms with Crippen molar-refractivity contribution < 1.29 is 14.3 Å². The second kappa shape index (κ2) is 15.0. The second-order valence-corrected chi connectivity index (χ2v) is 8.23. The van der Waals surface area contributed by atoms with E-state index in [0.717, 1.165) is 36.8 Å². The van der Waals surface area contributed by atoms with Gasteiger partial charge in [0.05, 0.1) is 48.3 Å². The first kappa shape index (κ1) is 27.4. The second-order valence-electron chi connectivity index (χ2n) is 8.23. The third kappa shape index (κ3) is 8.77. The van der Waals surface area contributed by atoms with Crippen molar-refractivity contribution in [3.63, 3.8) is 0 Å². The smallest absolute Gasteiger partial charge is 0.339 e. The van der Waals surface area contributed by atoms with E-state index in [1.54, 1.807) is 60.7 Å². The summed E-state index contributed by atoms with van der Waals surface area (Å²) in [5, 5.41) is 17.9. The van der Waals surface area contributed by atoms with Crippen LogP contribution in [-0.4, -0.2) is 19.2 Å². The third-order valence-corrected chi connectivity index (χ3v) is 5.47. The minimum Gasteiger partial charge on any atom is -0.502 e. The molecule has 38 heavy (non-hydrogen) atoms. The Labute approximate surface area is 224 Å². The van der Waals surface area contributed by atoms with E-state index in [2.05, 4.69) is 42.4 Å². The number of ether oxygens (including phenoxy) is 2. The van der Waals surface area contributed by atoms with Gasteiger partial charge < -0.3 is 9.47 Å². The summed E-state index contributed by atoms with van der Waals surface area (Å²) in [6.07, 6.45) is 5.02. The van der Waals surface area contributed by atoms with Gasteiger partial charge in [0.2, 0.25) is 0 Å². The van der Waals surface area contributed by atoms with Crippen molar-refractivity contribution >= 4 is 5.97 Å². The maximum absolute atomic E-state index is 13.0. The van der Waals surface area contributed by atoms with Crippen LogP contribution in [0.3, 0.4) is 0 Å². The fourth-order valence-electron chi connectivity index (χ4n) is 3.41. The molecule has 0 fully saturated rings. The normalized spacial score (nSPS) is 9.42. The Morgan fingerprint density at radius 1 is 0.684 bits per heavy atom. The largest absolute Gasteiger partial charge is 0.502 e. The molecule has 0 bridgehead atoms. The standard InChI is InChI=1S/C33H26N2O3/c1-2-37-21-5-3-4-6-22-38-33(36)32-23-28(12-7-26-8-13-29(24-34)14-9-26)18-20-31(32)19-17-27-10-15-30(25-35)16-11-27/h2,8-11,13-16,18,20,23H,1,3-6,21-22H2.